The van der Waals surface area contributed by atoms with Gasteiger partial charge in [-0.2, -0.15) is 8.78 Å². The van der Waals surface area contributed by atoms with Gasteiger partial charge in [0.05, 0.1) is 6.54 Å². The first-order valence-electron chi connectivity index (χ1n) is 7.41. The van der Waals surface area contributed by atoms with E-state index in [0.717, 1.165) is 21.4 Å². The Kier molecular flexibility index (Phi) is 5.62. The third-order valence-corrected chi connectivity index (χ3v) is 4.76. The fraction of sp³-hybridized carbons (Fsp3) is 0.188. The minimum atomic E-state index is -3.00. The second kappa shape index (κ2) is 7.92. The summed E-state index contributed by atoms with van der Waals surface area (Å²) in [7, 11) is 0. The Morgan fingerprint density at radius 3 is 2.96 bits per heavy atom. The van der Waals surface area contributed by atoms with E-state index in [0.29, 0.717) is 11.4 Å². The molecule has 1 N–H and O–H groups in total. The van der Waals surface area contributed by atoms with Crippen LogP contribution in [0.3, 0.4) is 0 Å². The van der Waals surface area contributed by atoms with Crippen LogP contribution in [0.2, 0.25) is 0 Å². The number of anilines is 1. The molecule has 136 valence electrons. The number of carbonyl (C=O) groups is 1. The van der Waals surface area contributed by atoms with Crippen molar-refractivity contribution >= 4 is 39.1 Å². The standard InChI is InChI=1S/C16H13BrF2N4O2S/c1-9-5-12(25-15(18)19)13(26-9)14(24)21-16-20-8-23(22-16)7-10-3-2-4-11(17)6-10/h2-6,8,15H,7H2,1H3,(H,21,22,24). The molecule has 0 saturated carbocycles. The second-order valence-corrected chi connectivity index (χ2v) is 7.45. The van der Waals surface area contributed by atoms with E-state index in [1.807, 2.05) is 24.3 Å². The van der Waals surface area contributed by atoms with Crippen molar-refractivity contribution in [3.05, 3.63) is 56.4 Å². The van der Waals surface area contributed by atoms with Crippen molar-refractivity contribution < 1.29 is 18.3 Å². The molecule has 10 heteroatoms. The Bertz CT molecular complexity index is 929. The van der Waals surface area contributed by atoms with E-state index in [4.69, 9.17) is 0 Å². The summed E-state index contributed by atoms with van der Waals surface area (Å²) in [5.41, 5.74) is 1.00. The average Bonchev–Trinajstić information content (AvgIpc) is 3.13. The van der Waals surface area contributed by atoms with E-state index >= 15 is 0 Å². The van der Waals surface area contributed by atoms with Crippen LogP contribution in [-0.2, 0) is 6.54 Å². The zero-order chi connectivity index (χ0) is 18.7. The number of rotatable bonds is 6. The van der Waals surface area contributed by atoms with Crippen molar-refractivity contribution in [2.24, 2.45) is 0 Å². The Balaban J connectivity index is 1.70. The molecule has 2 aromatic heterocycles. The van der Waals surface area contributed by atoms with Gasteiger partial charge in [0.15, 0.2) is 0 Å². The van der Waals surface area contributed by atoms with Gasteiger partial charge in [-0.25, -0.2) is 9.67 Å². The van der Waals surface area contributed by atoms with Crippen LogP contribution >= 0.6 is 27.3 Å². The molecule has 0 bridgehead atoms. The fourth-order valence-corrected chi connectivity index (χ4v) is 3.53. The van der Waals surface area contributed by atoms with Crippen LogP contribution in [0.4, 0.5) is 14.7 Å². The van der Waals surface area contributed by atoms with Gasteiger partial charge in [0.2, 0.25) is 5.95 Å². The monoisotopic (exact) mass is 442 g/mol. The Hall–Kier alpha value is -2.33. The molecule has 0 saturated heterocycles. The largest absolute Gasteiger partial charge is 0.433 e. The van der Waals surface area contributed by atoms with Crippen LogP contribution in [0.25, 0.3) is 0 Å². The smallest absolute Gasteiger partial charge is 0.387 e. The van der Waals surface area contributed by atoms with Crippen molar-refractivity contribution in [2.75, 3.05) is 5.32 Å². The maximum absolute atomic E-state index is 12.5. The highest BCUT2D eigenvalue weighted by molar-refractivity contribution is 9.10. The predicted octanol–water partition coefficient (Wildman–Crippen LogP) is 4.31. The molecule has 2 heterocycles. The summed E-state index contributed by atoms with van der Waals surface area (Å²) in [6.45, 7) is -0.830. The van der Waals surface area contributed by atoms with Gasteiger partial charge in [-0.05, 0) is 30.7 Å². The van der Waals surface area contributed by atoms with Gasteiger partial charge < -0.3 is 4.74 Å². The molecule has 0 aliphatic rings. The number of benzene rings is 1. The number of halogens is 3. The molecule has 0 spiro atoms. The molecule has 6 nitrogen and oxygen atoms in total. The van der Waals surface area contributed by atoms with Crippen molar-refractivity contribution in [2.45, 2.75) is 20.1 Å². The molecule has 0 fully saturated rings. The lowest BCUT2D eigenvalue weighted by Crippen LogP contribution is -2.14. The van der Waals surface area contributed by atoms with Crippen LogP contribution in [0.15, 0.2) is 41.1 Å². The average molecular weight is 443 g/mol. The minimum Gasteiger partial charge on any atom is -0.433 e. The van der Waals surface area contributed by atoms with E-state index in [1.54, 1.807) is 11.6 Å². The highest BCUT2D eigenvalue weighted by Gasteiger charge is 2.20. The second-order valence-electron chi connectivity index (χ2n) is 5.28. The molecular formula is C16H13BrF2N4O2S. The molecule has 0 radical (unpaired) electrons. The van der Waals surface area contributed by atoms with Crippen LogP contribution < -0.4 is 10.1 Å². The molecular weight excluding hydrogens is 430 g/mol. The van der Waals surface area contributed by atoms with Gasteiger partial charge in [0.1, 0.15) is 17.0 Å². The molecule has 3 aromatic rings. The molecule has 0 unspecified atom stereocenters. The Labute approximate surface area is 159 Å². The highest BCUT2D eigenvalue weighted by Crippen LogP contribution is 2.30. The topological polar surface area (TPSA) is 69.0 Å². The lowest BCUT2D eigenvalue weighted by Gasteiger charge is -2.05. The SMILES string of the molecule is Cc1cc(OC(F)F)c(C(=O)Nc2ncn(Cc3cccc(Br)c3)n2)s1. The number of aromatic nitrogens is 3. The number of hydrogen-bond acceptors (Lipinski definition) is 5. The summed E-state index contributed by atoms with van der Waals surface area (Å²) in [5, 5.41) is 6.67. The maximum atomic E-state index is 12.5. The van der Waals surface area contributed by atoms with Crippen LogP contribution in [0.5, 0.6) is 5.75 Å². The zero-order valence-corrected chi connectivity index (χ0v) is 15.9. The predicted molar refractivity (Wildman–Crippen MR) is 96.9 cm³/mol. The normalized spacial score (nSPS) is 11.0. The third-order valence-electron chi connectivity index (χ3n) is 3.24. The van der Waals surface area contributed by atoms with E-state index in [2.05, 4.69) is 36.1 Å². The van der Waals surface area contributed by atoms with Gasteiger partial charge in [0.25, 0.3) is 5.91 Å². The van der Waals surface area contributed by atoms with Crippen LogP contribution in [-0.4, -0.2) is 27.3 Å². The fourth-order valence-electron chi connectivity index (χ4n) is 2.24. The Morgan fingerprint density at radius 2 is 2.23 bits per heavy atom. The number of thiophene rings is 1. The summed E-state index contributed by atoms with van der Waals surface area (Å²) in [6, 6.07) is 9.10. The number of nitrogens with zero attached hydrogens (tertiary/aromatic N) is 3. The van der Waals surface area contributed by atoms with E-state index in [9.17, 15) is 13.6 Å². The van der Waals surface area contributed by atoms with Gasteiger partial charge in [-0.15, -0.1) is 16.4 Å². The Morgan fingerprint density at radius 1 is 1.42 bits per heavy atom. The van der Waals surface area contributed by atoms with Gasteiger partial charge >= 0.3 is 6.61 Å². The molecule has 1 amide bonds. The van der Waals surface area contributed by atoms with Crippen molar-refractivity contribution in [3.63, 3.8) is 0 Å². The maximum Gasteiger partial charge on any atom is 0.387 e. The van der Waals surface area contributed by atoms with Crippen molar-refractivity contribution in [1.29, 1.82) is 0 Å². The van der Waals surface area contributed by atoms with E-state index in [1.165, 1.54) is 12.4 Å². The third kappa shape index (κ3) is 4.64. The zero-order valence-electron chi connectivity index (χ0n) is 13.4. The first-order valence-corrected chi connectivity index (χ1v) is 9.02. The summed E-state index contributed by atoms with van der Waals surface area (Å²) >= 11 is 4.46. The highest BCUT2D eigenvalue weighted by atomic mass is 79.9. The minimum absolute atomic E-state index is 0.0474. The summed E-state index contributed by atoms with van der Waals surface area (Å²) < 4.78 is 31.8. The summed E-state index contributed by atoms with van der Waals surface area (Å²) in [6.07, 6.45) is 1.48. The number of carbonyl (C=O) groups excluding carboxylic acids is 1. The first-order chi connectivity index (χ1) is 12.4. The number of hydrogen-bond donors (Lipinski definition) is 1. The van der Waals surface area contributed by atoms with Crippen molar-refractivity contribution in [1.82, 2.24) is 14.8 Å². The number of ether oxygens (including phenoxy) is 1. The molecule has 1 aromatic carbocycles. The lowest BCUT2D eigenvalue weighted by atomic mass is 10.2. The van der Waals surface area contributed by atoms with Crippen molar-refractivity contribution in [3.8, 4) is 5.75 Å². The van der Waals surface area contributed by atoms with Crippen LogP contribution in [0, 0.1) is 6.92 Å². The number of amides is 1. The number of nitrogens with one attached hydrogen (secondary N) is 1. The summed E-state index contributed by atoms with van der Waals surface area (Å²) in [4.78, 5) is 17.1. The lowest BCUT2D eigenvalue weighted by molar-refractivity contribution is -0.0498. The van der Waals surface area contributed by atoms with Crippen LogP contribution in [0.1, 0.15) is 20.1 Å². The van der Waals surface area contributed by atoms with Gasteiger partial charge in [0, 0.05) is 9.35 Å². The van der Waals surface area contributed by atoms with E-state index in [-0.39, 0.29) is 16.6 Å². The van der Waals surface area contributed by atoms with E-state index < -0.39 is 12.5 Å². The summed E-state index contributed by atoms with van der Waals surface area (Å²) in [5.74, 6) is -0.674. The number of aryl methyl sites for hydroxylation is 1. The molecule has 3 rings (SSSR count). The van der Waals surface area contributed by atoms with Gasteiger partial charge in [-0.1, -0.05) is 28.1 Å². The quantitative estimate of drug-likeness (QED) is 0.617. The van der Waals surface area contributed by atoms with Gasteiger partial charge in [-0.3, -0.25) is 10.1 Å². The molecule has 0 atom stereocenters. The number of alkyl halides is 2. The molecule has 26 heavy (non-hydrogen) atoms. The first kappa shape index (κ1) is 18.5. The molecule has 0 aliphatic heterocycles. The molecule has 0 aliphatic carbocycles.